The molecular weight excluding hydrogens is 401 g/mol. The highest BCUT2D eigenvalue weighted by Crippen LogP contribution is 2.32. The normalized spacial score (nSPS) is 15.1. The Hall–Kier alpha value is -2.58. The van der Waals surface area contributed by atoms with E-state index in [4.69, 9.17) is 9.97 Å². The van der Waals surface area contributed by atoms with Gasteiger partial charge in [-0.2, -0.15) is 0 Å². The smallest absolute Gasteiger partial charge is 0.223 e. The molecule has 2 aromatic heterocycles. The van der Waals surface area contributed by atoms with Crippen LogP contribution in [0.5, 0.6) is 0 Å². The van der Waals surface area contributed by atoms with Gasteiger partial charge in [0.25, 0.3) is 0 Å². The van der Waals surface area contributed by atoms with Crippen LogP contribution in [-0.4, -0.2) is 61.0 Å². The number of aromatic nitrogens is 2. The third kappa shape index (κ3) is 4.76. The topological polar surface area (TPSA) is 61.4 Å². The molecule has 8 heteroatoms. The first kappa shape index (κ1) is 20.7. The minimum atomic E-state index is -0.255. The molecule has 3 heterocycles. The van der Waals surface area contributed by atoms with Crippen molar-refractivity contribution in [3.63, 3.8) is 0 Å². The molecule has 0 radical (unpaired) electrons. The molecule has 1 saturated heterocycles. The molecule has 1 amide bonds. The van der Waals surface area contributed by atoms with Crippen LogP contribution in [0.3, 0.4) is 0 Å². The number of pyridine rings is 1. The quantitative estimate of drug-likeness (QED) is 0.653. The van der Waals surface area contributed by atoms with Gasteiger partial charge in [0.15, 0.2) is 5.13 Å². The van der Waals surface area contributed by atoms with Gasteiger partial charge in [-0.05, 0) is 63.3 Å². The van der Waals surface area contributed by atoms with Crippen molar-refractivity contribution < 1.29 is 9.18 Å². The summed E-state index contributed by atoms with van der Waals surface area (Å²) in [6, 6.07) is 10.2. The van der Waals surface area contributed by atoms with Crippen molar-refractivity contribution in [3.8, 4) is 11.3 Å². The summed E-state index contributed by atoms with van der Waals surface area (Å²) in [6.45, 7) is 3.17. The monoisotopic (exact) mass is 427 g/mol. The summed E-state index contributed by atoms with van der Waals surface area (Å²) >= 11 is 1.57. The van der Waals surface area contributed by atoms with Crippen LogP contribution in [0, 0.1) is 11.7 Å². The van der Waals surface area contributed by atoms with Gasteiger partial charge in [-0.25, -0.2) is 14.4 Å². The van der Waals surface area contributed by atoms with E-state index in [1.54, 1.807) is 23.5 Å². The van der Waals surface area contributed by atoms with Gasteiger partial charge in [-0.3, -0.25) is 4.79 Å². The van der Waals surface area contributed by atoms with Crippen LogP contribution in [-0.2, 0) is 4.79 Å². The Bertz CT molecular complexity index is 1010. The van der Waals surface area contributed by atoms with Gasteiger partial charge < -0.3 is 15.1 Å². The molecule has 158 valence electrons. The number of thiazole rings is 1. The van der Waals surface area contributed by atoms with Gasteiger partial charge in [-0.15, -0.1) is 0 Å². The molecule has 4 rings (SSSR count). The fourth-order valence-electron chi connectivity index (χ4n) is 3.60. The molecule has 6 nitrogen and oxygen atoms in total. The molecule has 0 atom stereocenters. The molecule has 3 aromatic rings. The van der Waals surface area contributed by atoms with Crippen molar-refractivity contribution in [1.29, 1.82) is 0 Å². The molecule has 1 N–H and O–H groups in total. The molecule has 0 bridgehead atoms. The molecule has 1 aliphatic heterocycles. The summed E-state index contributed by atoms with van der Waals surface area (Å²) in [7, 11) is 4.00. The summed E-state index contributed by atoms with van der Waals surface area (Å²) in [5, 5.41) is 3.98. The van der Waals surface area contributed by atoms with Crippen molar-refractivity contribution in [2.24, 2.45) is 5.92 Å². The van der Waals surface area contributed by atoms with E-state index < -0.39 is 0 Å². The lowest BCUT2D eigenvalue weighted by Gasteiger charge is -2.31. The number of nitrogens with zero attached hydrogens (tertiary/aromatic N) is 4. The number of carbonyl (C=O) groups is 1. The van der Waals surface area contributed by atoms with Crippen LogP contribution in [0.4, 0.5) is 9.52 Å². The summed E-state index contributed by atoms with van der Waals surface area (Å²) in [5.41, 5.74) is 2.56. The van der Waals surface area contributed by atoms with Crippen molar-refractivity contribution >= 4 is 32.7 Å². The second-order valence-electron chi connectivity index (χ2n) is 7.88. The van der Waals surface area contributed by atoms with Gasteiger partial charge >= 0.3 is 0 Å². The SMILES string of the molecule is CN(C)CCNC(=O)C1CCN(c2nc3ccc(-c4ccc(F)cc4)nc3s2)CC1. The van der Waals surface area contributed by atoms with Gasteiger partial charge in [-0.1, -0.05) is 11.3 Å². The highest BCUT2D eigenvalue weighted by Gasteiger charge is 2.26. The molecule has 0 aliphatic carbocycles. The summed E-state index contributed by atoms with van der Waals surface area (Å²) < 4.78 is 13.2. The largest absolute Gasteiger partial charge is 0.355 e. The van der Waals surface area contributed by atoms with E-state index >= 15 is 0 Å². The molecule has 1 aromatic carbocycles. The molecular formula is C22H26FN5OS. The first-order valence-corrected chi connectivity index (χ1v) is 11.0. The highest BCUT2D eigenvalue weighted by molar-refractivity contribution is 7.21. The zero-order valence-corrected chi connectivity index (χ0v) is 18.1. The number of hydrogen-bond donors (Lipinski definition) is 1. The number of anilines is 1. The number of piperidine rings is 1. The van der Waals surface area contributed by atoms with Crippen LogP contribution in [0.25, 0.3) is 21.6 Å². The fourth-order valence-corrected chi connectivity index (χ4v) is 4.59. The van der Waals surface area contributed by atoms with E-state index in [1.165, 1.54) is 12.1 Å². The average molecular weight is 428 g/mol. The molecule has 0 spiro atoms. The highest BCUT2D eigenvalue weighted by atomic mass is 32.1. The predicted molar refractivity (Wildman–Crippen MR) is 119 cm³/mol. The lowest BCUT2D eigenvalue weighted by molar-refractivity contribution is -0.125. The Kier molecular flexibility index (Phi) is 6.24. The zero-order valence-electron chi connectivity index (χ0n) is 17.3. The van der Waals surface area contributed by atoms with E-state index in [0.29, 0.717) is 6.54 Å². The van der Waals surface area contributed by atoms with Crippen LogP contribution < -0.4 is 10.2 Å². The van der Waals surface area contributed by atoms with Crippen LogP contribution in [0.2, 0.25) is 0 Å². The minimum absolute atomic E-state index is 0.0704. The Morgan fingerprint density at radius 1 is 1.17 bits per heavy atom. The van der Waals surface area contributed by atoms with E-state index in [9.17, 15) is 9.18 Å². The lowest BCUT2D eigenvalue weighted by atomic mass is 9.96. The third-order valence-electron chi connectivity index (χ3n) is 5.38. The van der Waals surface area contributed by atoms with E-state index in [2.05, 4.69) is 15.1 Å². The van der Waals surface area contributed by atoms with Crippen molar-refractivity contribution in [1.82, 2.24) is 20.2 Å². The van der Waals surface area contributed by atoms with Crippen LogP contribution >= 0.6 is 11.3 Å². The van der Waals surface area contributed by atoms with E-state index in [0.717, 1.165) is 59.2 Å². The average Bonchev–Trinajstić information content (AvgIpc) is 3.17. The molecule has 0 unspecified atom stereocenters. The van der Waals surface area contributed by atoms with Crippen molar-refractivity contribution in [2.75, 3.05) is 45.2 Å². The predicted octanol–water partition coefficient (Wildman–Crippen LogP) is 3.39. The molecule has 1 aliphatic rings. The number of carbonyl (C=O) groups excluding carboxylic acids is 1. The van der Waals surface area contributed by atoms with Gasteiger partial charge in [0.05, 0.1) is 5.69 Å². The summed E-state index contributed by atoms with van der Waals surface area (Å²) in [5.74, 6) is -0.0258. The summed E-state index contributed by atoms with van der Waals surface area (Å²) in [6.07, 6.45) is 1.66. The van der Waals surface area contributed by atoms with Crippen molar-refractivity contribution in [2.45, 2.75) is 12.8 Å². The Morgan fingerprint density at radius 2 is 1.90 bits per heavy atom. The standard InChI is InChI=1S/C22H26FN5OS/c1-27(2)14-11-24-20(29)16-9-12-28(13-10-16)22-26-19-8-7-18(25-21(19)30-22)15-3-5-17(23)6-4-15/h3-8,16H,9-14H2,1-2H3,(H,24,29). The van der Waals surface area contributed by atoms with Crippen molar-refractivity contribution in [3.05, 3.63) is 42.2 Å². The maximum atomic E-state index is 13.2. The third-order valence-corrected chi connectivity index (χ3v) is 6.40. The second kappa shape index (κ2) is 9.06. The number of amides is 1. The molecule has 0 saturated carbocycles. The number of fused-ring (bicyclic) bond motifs is 1. The second-order valence-corrected chi connectivity index (χ2v) is 8.84. The van der Waals surface area contributed by atoms with E-state index in [-0.39, 0.29) is 17.6 Å². The number of benzene rings is 1. The lowest BCUT2D eigenvalue weighted by Crippen LogP contribution is -2.42. The van der Waals surface area contributed by atoms with E-state index in [1.807, 2.05) is 26.2 Å². The first-order chi connectivity index (χ1) is 14.5. The maximum Gasteiger partial charge on any atom is 0.223 e. The number of likely N-dealkylation sites (N-methyl/N-ethyl adjacent to an activating group) is 1. The number of nitrogens with one attached hydrogen (secondary N) is 1. The fraction of sp³-hybridized carbons (Fsp3) is 0.409. The van der Waals surface area contributed by atoms with Crippen LogP contribution in [0.1, 0.15) is 12.8 Å². The first-order valence-electron chi connectivity index (χ1n) is 10.2. The number of rotatable bonds is 6. The van der Waals surface area contributed by atoms with Crippen LogP contribution in [0.15, 0.2) is 36.4 Å². The maximum absolute atomic E-state index is 13.2. The Morgan fingerprint density at radius 3 is 2.60 bits per heavy atom. The minimum Gasteiger partial charge on any atom is -0.355 e. The van der Waals surface area contributed by atoms with Gasteiger partial charge in [0, 0.05) is 37.7 Å². The van der Waals surface area contributed by atoms with Gasteiger partial charge in [0.1, 0.15) is 16.2 Å². The number of hydrogen-bond acceptors (Lipinski definition) is 6. The number of halogens is 1. The Balaban J connectivity index is 1.39. The van der Waals surface area contributed by atoms with Gasteiger partial charge in [0.2, 0.25) is 5.91 Å². The molecule has 1 fully saturated rings. The Labute approximate surface area is 179 Å². The molecule has 30 heavy (non-hydrogen) atoms. The summed E-state index contributed by atoms with van der Waals surface area (Å²) in [4.78, 5) is 27.0. The zero-order chi connectivity index (χ0) is 21.1.